The van der Waals surface area contributed by atoms with Crippen LogP contribution in [-0.2, 0) is 4.79 Å². The Balaban J connectivity index is 1.87. The van der Waals surface area contributed by atoms with Gasteiger partial charge in [0.25, 0.3) is 0 Å². The third-order valence-corrected chi connectivity index (χ3v) is 4.18. The molecule has 4 heteroatoms. The van der Waals surface area contributed by atoms with Crippen molar-refractivity contribution < 1.29 is 13.9 Å². The molecule has 0 spiro atoms. The van der Waals surface area contributed by atoms with Gasteiger partial charge in [0.2, 0.25) is 5.91 Å². The van der Waals surface area contributed by atoms with Gasteiger partial charge in [0.1, 0.15) is 17.5 Å². The minimum atomic E-state index is -0.837. The molecule has 0 bridgehead atoms. The van der Waals surface area contributed by atoms with Crippen molar-refractivity contribution in [3.63, 3.8) is 0 Å². The highest BCUT2D eigenvalue weighted by Gasteiger charge is 2.53. The normalized spacial score (nSPS) is 30.4. The summed E-state index contributed by atoms with van der Waals surface area (Å²) in [6.07, 6.45) is -0.0806. The van der Waals surface area contributed by atoms with Crippen LogP contribution in [0.5, 0.6) is 5.75 Å². The van der Waals surface area contributed by atoms with Gasteiger partial charge < -0.3 is 9.64 Å². The Kier molecular flexibility index (Phi) is 2.82. The highest BCUT2D eigenvalue weighted by atomic mass is 19.1. The van der Waals surface area contributed by atoms with Crippen molar-refractivity contribution in [3.05, 3.63) is 24.3 Å². The molecule has 1 aliphatic heterocycles. The van der Waals surface area contributed by atoms with Crippen LogP contribution in [0.1, 0.15) is 33.6 Å². The maximum absolute atomic E-state index is 13.3. The van der Waals surface area contributed by atoms with E-state index < -0.39 is 17.2 Å². The summed E-state index contributed by atoms with van der Waals surface area (Å²) >= 11 is 0. The van der Waals surface area contributed by atoms with Gasteiger partial charge in [0.05, 0.1) is 12.2 Å². The number of ether oxygens (including phenoxy) is 1. The summed E-state index contributed by atoms with van der Waals surface area (Å²) in [7, 11) is 0. The van der Waals surface area contributed by atoms with E-state index in [1.54, 1.807) is 4.90 Å². The van der Waals surface area contributed by atoms with Gasteiger partial charge in [-0.25, -0.2) is 4.39 Å². The average molecular weight is 277 g/mol. The van der Waals surface area contributed by atoms with Gasteiger partial charge in [0, 0.05) is 11.8 Å². The molecule has 0 aromatic heterocycles. The zero-order chi connectivity index (χ0) is 14.5. The molecule has 0 radical (unpaired) electrons. The van der Waals surface area contributed by atoms with Crippen molar-refractivity contribution >= 4 is 11.6 Å². The quantitative estimate of drug-likeness (QED) is 0.830. The fraction of sp³-hybridized carbons (Fsp3) is 0.562. The zero-order valence-corrected chi connectivity index (χ0v) is 12.1. The van der Waals surface area contributed by atoms with Crippen molar-refractivity contribution in [1.82, 2.24) is 0 Å². The van der Waals surface area contributed by atoms with Gasteiger partial charge >= 0.3 is 0 Å². The molecule has 1 fully saturated rings. The third kappa shape index (κ3) is 2.28. The molecule has 1 amide bonds. The lowest BCUT2D eigenvalue weighted by molar-refractivity contribution is -0.120. The van der Waals surface area contributed by atoms with E-state index in [0.29, 0.717) is 13.0 Å². The second-order valence-corrected chi connectivity index (χ2v) is 6.81. The molecule has 20 heavy (non-hydrogen) atoms. The molecule has 2 aliphatic rings. The topological polar surface area (TPSA) is 29.5 Å². The van der Waals surface area contributed by atoms with E-state index in [-0.39, 0.29) is 12.3 Å². The van der Waals surface area contributed by atoms with Crippen molar-refractivity contribution in [2.24, 2.45) is 5.41 Å². The molecule has 1 heterocycles. The van der Waals surface area contributed by atoms with Crippen molar-refractivity contribution in [3.8, 4) is 5.75 Å². The number of rotatable bonds is 2. The summed E-state index contributed by atoms with van der Waals surface area (Å²) in [5.74, 6) is 0.700. The summed E-state index contributed by atoms with van der Waals surface area (Å²) in [6, 6.07) is 7.53. The predicted octanol–water partition coefficient (Wildman–Crippen LogP) is 3.33. The molecule has 0 saturated heterocycles. The fourth-order valence-corrected chi connectivity index (χ4v) is 2.76. The molecule has 108 valence electrons. The number of nitrogens with zero attached hydrogens (tertiary/aromatic N) is 1. The van der Waals surface area contributed by atoms with Gasteiger partial charge in [-0.2, -0.15) is 0 Å². The van der Waals surface area contributed by atoms with Crippen LogP contribution >= 0.6 is 0 Å². The minimum Gasteiger partial charge on any atom is -0.484 e. The number of fused-ring (bicyclic) bond motifs is 1. The van der Waals surface area contributed by atoms with Crippen LogP contribution in [0.3, 0.4) is 0 Å². The Hall–Kier alpha value is -1.58. The Morgan fingerprint density at radius 3 is 2.70 bits per heavy atom. The van der Waals surface area contributed by atoms with E-state index in [2.05, 4.69) is 0 Å². The van der Waals surface area contributed by atoms with Crippen LogP contribution in [0, 0.1) is 5.41 Å². The summed E-state index contributed by atoms with van der Waals surface area (Å²) in [5, 5.41) is 0. The number of para-hydroxylation sites is 2. The molecule has 1 aliphatic carbocycles. The van der Waals surface area contributed by atoms with Crippen LogP contribution in [0.25, 0.3) is 0 Å². The van der Waals surface area contributed by atoms with Crippen molar-refractivity contribution in [1.29, 1.82) is 0 Å². The van der Waals surface area contributed by atoms with Crippen LogP contribution in [-0.4, -0.2) is 24.2 Å². The summed E-state index contributed by atoms with van der Waals surface area (Å²) in [5.41, 5.74) is -0.102. The third-order valence-electron chi connectivity index (χ3n) is 4.18. The lowest BCUT2D eigenvalue weighted by atomic mass is 10.0. The molecule has 1 aromatic rings. The standard InChI is InChI=1S/C16H20FNO2/c1-15(2)10-18(11-6-4-5-7-12(11)20-15)14(19)9-16(3)8-13(16)17/h4-7,13H,8-10H2,1-3H3. The van der Waals surface area contributed by atoms with E-state index in [0.717, 1.165) is 11.4 Å². The highest BCUT2D eigenvalue weighted by Crippen LogP contribution is 2.51. The second kappa shape index (κ2) is 4.21. The molecule has 0 N–H and O–H groups in total. The van der Waals surface area contributed by atoms with Gasteiger partial charge in [-0.3, -0.25) is 4.79 Å². The largest absolute Gasteiger partial charge is 0.484 e. The van der Waals surface area contributed by atoms with E-state index in [1.165, 1.54) is 0 Å². The zero-order valence-electron chi connectivity index (χ0n) is 12.1. The number of alkyl halides is 1. The second-order valence-electron chi connectivity index (χ2n) is 6.81. The Bertz CT molecular complexity index is 557. The number of amides is 1. The number of benzene rings is 1. The molecule has 3 rings (SSSR count). The van der Waals surface area contributed by atoms with E-state index in [4.69, 9.17) is 4.74 Å². The molecule has 2 atom stereocenters. The first kappa shape index (κ1) is 13.4. The highest BCUT2D eigenvalue weighted by molar-refractivity contribution is 5.96. The lowest BCUT2D eigenvalue weighted by Crippen LogP contribution is -2.49. The van der Waals surface area contributed by atoms with Gasteiger partial charge in [0.15, 0.2) is 0 Å². The van der Waals surface area contributed by atoms with Crippen LogP contribution in [0.4, 0.5) is 10.1 Å². The molecule has 3 nitrogen and oxygen atoms in total. The molecular formula is C16H20FNO2. The predicted molar refractivity (Wildman–Crippen MR) is 75.7 cm³/mol. The van der Waals surface area contributed by atoms with Crippen LogP contribution in [0.15, 0.2) is 24.3 Å². The monoisotopic (exact) mass is 277 g/mol. The first-order valence-corrected chi connectivity index (χ1v) is 7.03. The van der Waals surface area contributed by atoms with E-state index in [9.17, 15) is 9.18 Å². The van der Waals surface area contributed by atoms with Gasteiger partial charge in [-0.1, -0.05) is 19.1 Å². The number of hydrogen-bond donors (Lipinski definition) is 0. The smallest absolute Gasteiger partial charge is 0.227 e. The number of carbonyl (C=O) groups excluding carboxylic acids is 1. The Morgan fingerprint density at radius 1 is 1.40 bits per heavy atom. The van der Waals surface area contributed by atoms with Crippen molar-refractivity contribution in [2.45, 2.75) is 45.4 Å². The number of carbonyl (C=O) groups is 1. The minimum absolute atomic E-state index is 0.0172. The number of hydrogen-bond acceptors (Lipinski definition) is 2. The average Bonchev–Trinajstić information content (AvgIpc) is 2.94. The maximum atomic E-state index is 13.3. The Labute approximate surface area is 118 Å². The fourth-order valence-electron chi connectivity index (χ4n) is 2.76. The lowest BCUT2D eigenvalue weighted by Gasteiger charge is -2.40. The summed E-state index contributed by atoms with van der Waals surface area (Å²) in [4.78, 5) is 14.3. The van der Waals surface area contributed by atoms with Gasteiger partial charge in [-0.05, 0) is 32.4 Å². The Morgan fingerprint density at radius 2 is 2.05 bits per heavy atom. The van der Waals surface area contributed by atoms with E-state index >= 15 is 0 Å². The van der Waals surface area contributed by atoms with Crippen molar-refractivity contribution in [2.75, 3.05) is 11.4 Å². The molecular weight excluding hydrogens is 257 g/mol. The summed E-state index contributed by atoms with van der Waals surface area (Å²) < 4.78 is 19.2. The van der Waals surface area contributed by atoms with Crippen LogP contribution < -0.4 is 9.64 Å². The number of anilines is 1. The van der Waals surface area contributed by atoms with Crippen LogP contribution in [0.2, 0.25) is 0 Å². The molecule has 1 aromatic carbocycles. The first-order chi connectivity index (χ1) is 9.31. The number of halogens is 1. The maximum Gasteiger partial charge on any atom is 0.227 e. The first-order valence-electron chi connectivity index (χ1n) is 7.03. The molecule has 1 saturated carbocycles. The van der Waals surface area contributed by atoms with E-state index in [1.807, 2.05) is 45.0 Å². The SMILES string of the molecule is CC1(C)CN(C(=O)CC2(C)CC2F)c2ccccc2O1. The molecule has 2 unspecified atom stereocenters. The van der Waals surface area contributed by atoms with Gasteiger partial charge in [-0.15, -0.1) is 0 Å². The summed E-state index contributed by atoms with van der Waals surface area (Å²) in [6.45, 7) is 6.25.